The van der Waals surface area contributed by atoms with Crippen LogP contribution in [0.15, 0.2) is 121 Å². The minimum atomic E-state index is -0.0765. The molecule has 0 amide bonds. The van der Waals surface area contributed by atoms with Crippen LogP contribution in [0.2, 0.25) is 0 Å². The highest BCUT2D eigenvalue weighted by atomic mass is 16.5. The average molecular weight is 584 g/mol. The second-order valence-electron chi connectivity index (χ2n) is 12.6. The number of ether oxygens (including phenoxy) is 1. The van der Waals surface area contributed by atoms with Crippen molar-refractivity contribution in [2.24, 2.45) is 0 Å². The largest absolute Gasteiger partial charge is 0.457 e. The van der Waals surface area contributed by atoms with Crippen molar-refractivity contribution in [3.8, 4) is 17.3 Å². The summed E-state index contributed by atoms with van der Waals surface area (Å²) in [5.41, 5.74) is 6.89. The fraction of sp³-hybridized carbons (Fsp3) is 0.103. The van der Waals surface area contributed by atoms with E-state index in [-0.39, 0.29) is 5.41 Å². The predicted octanol–water partition coefficient (Wildman–Crippen LogP) is 9.77. The molecule has 5 aromatic heterocycles. The molecule has 0 saturated heterocycles. The molecule has 0 atom stereocenters. The third-order valence-electron chi connectivity index (χ3n) is 8.70. The topological polar surface area (TPSA) is 57.2 Å². The van der Waals surface area contributed by atoms with Crippen LogP contribution in [0.1, 0.15) is 26.5 Å². The van der Waals surface area contributed by atoms with Crippen LogP contribution in [-0.4, -0.2) is 23.9 Å². The van der Waals surface area contributed by atoms with E-state index in [1.54, 1.807) is 0 Å². The van der Waals surface area contributed by atoms with E-state index in [9.17, 15) is 0 Å². The van der Waals surface area contributed by atoms with E-state index < -0.39 is 0 Å². The first-order valence-corrected chi connectivity index (χ1v) is 15.2. The van der Waals surface area contributed by atoms with Crippen LogP contribution in [0.4, 0.5) is 0 Å². The maximum absolute atomic E-state index is 6.59. The summed E-state index contributed by atoms with van der Waals surface area (Å²) in [5, 5.41) is 5.53. The van der Waals surface area contributed by atoms with E-state index in [0.29, 0.717) is 0 Å². The molecular formula is C39H29N5O. The lowest BCUT2D eigenvalue weighted by molar-refractivity contribution is 0.484. The summed E-state index contributed by atoms with van der Waals surface area (Å²) in [6.07, 6.45) is 1.83. The van der Waals surface area contributed by atoms with E-state index in [2.05, 4.69) is 114 Å². The fourth-order valence-electron chi connectivity index (χ4n) is 6.56. The van der Waals surface area contributed by atoms with Crippen LogP contribution in [0, 0.1) is 0 Å². The van der Waals surface area contributed by atoms with Gasteiger partial charge in [0.05, 0.1) is 22.1 Å². The molecule has 0 spiro atoms. The van der Waals surface area contributed by atoms with E-state index >= 15 is 0 Å². The quantitative estimate of drug-likeness (QED) is 0.194. The molecule has 0 aliphatic rings. The van der Waals surface area contributed by atoms with Crippen molar-refractivity contribution in [3.05, 3.63) is 127 Å². The van der Waals surface area contributed by atoms with Crippen molar-refractivity contribution in [2.75, 3.05) is 0 Å². The number of aromatic nitrogens is 5. The Balaban J connectivity index is 1.24. The van der Waals surface area contributed by atoms with Crippen molar-refractivity contribution in [2.45, 2.75) is 26.2 Å². The number of nitrogens with zero attached hydrogens (tertiary/aromatic N) is 5. The van der Waals surface area contributed by atoms with Gasteiger partial charge in [-0.3, -0.25) is 8.97 Å². The fourth-order valence-corrected chi connectivity index (χ4v) is 6.56. The first-order valence-electron chi connectivity index (χ1n) is 15.2. The Bertz CT molecular complexity index is 2610. The molecule has 0 fully saturated rings. The van der Waals surface area contributed by atoms with Gasteiger partial charge in [-0.05, 0) is 78.2 Å². The lowest BCUT2D eigenvalue weighted by atomic mass is 9.91. The van der Waals surface area contributed by atoms with Crippen molar-refractivity contribution >= 4 is 60.3 Å². The normalized spacial score (nSPS) is 12.3. The summed E-state index contributed by atoms with van der Waals surface area (Å²) >= 11 is 0. The number of para-hydroxylation sites is 3. The van der Waals surface area contributed by atoms with E-state index in [1.807, 2.05) is 42.6 Å². The Hall–Kier alpha value is -5.75. The number of fused-ring (bicyclic) bond motifs is 11. The van der Waals surface area contributed by atoms with Gasteiger partial charge in [-0.2, -0.15) is 0 Å². The molecule has 9 rings (SSSR count). The molecule has 0 N–H and O–H groups in total. The van der Waals surface area contributed by atoms with Crippen molar-refractivity contribution < 1.29 is 4.74 Å². The summed E-state index contributed by atoms with van der Waals surface area (Å²) in [5.74, 6) is 2.37. The standard InChI is InChI=1S/C39H29N5O/c1-39(2,3)35-20-19-29-26-17-15-24(22-30(26)38-41-31-11-5-7-13-33(31)44(38)37(29)42-35)45-25-16-18-28-27-10-4-6-12-32(27)43(34(28)23-25)36-14-8-9-21-40-36/h4-23H,1-3H3. The minimum absolute atomic E-state index is 0.0765. The van der Waals surface area contributed by atoms with E-state index in [4.69, 9.17) is 14.7 Å². The second-order valence-corrected chi connectivity index (χ2v) is 12.6. The highest BCUT2D eigenvalue weighted by molar-refractivity contribution is 6.13. The van der Waals surface area contributed by atoms with Gasteiger partial charge in [-0.25, -0.2) is 15.0 Å². The number of rotatable bonds is 3. The monoisotopic (exact) mass is 583 g/mol. The predicted molar refractivity (Wildman–Crippen MR) is 183 cm³/mol. The third-order valence-corrected chi connectivity index (χ3v) is 8.70. The lowest BCUT2D eigenvalue weighted by Gasteiger charge is -2.19. The third kappa shape index (κ3) is 3.92. The lowest BCUT2D eigenvalue weighted by Crippen LogP contribution is -2.14. The van der Waals surface area contributed by atoms with Gasteiger partial charge in [-0.1, -0.05) is 57.2 Å². The summed E-state index contributed by atoms with van der Waals surface area (Å²) < 4.78 is 11.0. The van der Waals surface area contributed by atoms with Crippen LogP contribution >= 0.6 is 0 Å². The molecule has 4 aromatic carbocycles. The molecule has 0 radical (unpaired) electrons. The molecule has 5 heterocycles. The van der Waals surface area contributed by atoms with E-state index in [0.717, 1.165) is 77.9 Å². The molecule has 0 saturated carbocycles. The van der Waals surface area contributed by atoms with Gasteiger partial charge in [0.25, 0.3) is 0 Å². The molecule has 0 aliphatic carbocycles. The maximum atomic E-state index is 6.59. The van der Waals surface area contributed by atoms with Crippen molar-refractivity contribution in [3.63, 3.8) is 0 Å². The highest BCUT2D eigenvalue weighted by Gasteiger charge is 2.20. The van der Waals surface area contributed by atoms with Gasteiger partial charge >= 0.3 is 0 Å². The minimum Gasteiger partial charge on any atom is -0.457 e. The Morgan fingerprint density at radius 1 is 0.556 bits per heavy atom. The van der Waals surface area contributed by atoms with Gasteiger partial charge in [0.15, 0.2) is 0 Å². The summed E-state index contributed by atoms with van der Waals surface area (Å²) in [6, 6.07) is 39.6. The van der Waals surface area contributed by atoms with E-state index in [1.165, 1.54) is 5.39 Å². The Labute approximate surface area is 259 Å². The molecular weight excluding hydrogens is 554 g/mol. The highest BCUT2D eigenvalue weighted by Crippen LogP contribution is 2.38. The van der Waals surface area contributed by atoms with Crippen LogP contribution in [0.25, 0.3) is 66.1 Å². The zero-order chi connectivity index (χ0) is 30.3. The molecule has 45 heavy (non-hydrogen) atoms. The van der Waals surface area contributed by atoms with Crippen LogP contribution in [-0.2, 0) is 5.41 Å². The molecule has 6 nitrogen and oxygen atoms in total. The first-order chi connectivity index (χ1) is 21.9. The first kappa shape index (κ1) is 25.7. The van der Waals surface area contributed by atoms with Gasteiger partial charge < -0.3 is 4.74 Å². The number of benzene rings is 4. The summed E-state index contributed by atoms with van der Waals surface area (Å²) in [6.45, 7) is 6.59. The molecule has 9 aromatic rings. The van der Waals surface area contributed by atoms with Gasteiger partial charge in [-0.15, -0.1) is 0 Å². The molecule has 216 valence electrons. The van der Waals surface area contributed by atoms with Gasteiger partial charge in [0, 0.05) is 44.9 Å². The number of pyridine rings is 3. The average Bonchev–Trinajstić information content (AvgIpc) is 3.61. The zero-order valence-corrected chi connectivity index (χ0v) is 25.2. The number of hydrogen-bond acceptors (Lipinski definition) is 4. The molecule has 0 aliphatic heterocycles. The SMILES string of the molecule is CC(C)(C)c1ccc2c3ccc(Oc4ccc5c6ccccc6n(-c6ccccn6)c5c4)cc3c3nc4ccccc4n3c2n1. The smallest absolute Gasteiger partial charge is 0.147 e. The van der Waals surface area contributed by atoms with Gasteiger partial charge in [0.2, 0.25) is 0 Å². The summed E-state index contributed by atoms with van der Waals surface area (Å²) in [7, 11) is 0. The number of hydrogen-bond donors (Lipinski definition) is 0. The maximum Gasteiger partial charge on any atom is 0.147 e. The van der Waals surface area contributed by atoms with Crippen LogP contribution < -0.4 is 4.74 Å². The van der Waals surface area contributed by atoms with Crippen molar-refractivity contribution in [1.29, 1.82) is 0 Å². The van der Waals surface area contributed by atoms with Crippen LogP contribution in [0.5, 0.6) is 11.5 Å². The number of imidazole rings is 1. The Morgan fingerprint density at radius 3 is 2.07 bits per heavy atom. The van der Waals surface area contributed by atoms with Crippen LogP contribution in [0.3, 0.4) is 0 Å². The Kier molecular flexibility index (Phi) is 5.36. The molecule has 0 unspecified atom stereocenters. The second kappa shape index (κ2) is 9.37. The molecule has 0 bridgehead atoms. The summed E-state index contributed by atoms with van der Waals surface area (Å²) in [4.78, 5) is 15.0. The van der Waals surface area contributed by atoms with Gasteiger partial charge in [0.1, 0.15) is 28.6 Å². The molecule has 6 heteroatoms. The Morgan fingerprint density at radius 2 is 1.24 bits per heavy atom. The zero-order valence-electron chi connectivity index (χ0n) is 25.2. The van der Waals surface area contributed by atoms with Crippen molar-refractivity contribution in [1.82, 2.24) is 23.9 Å².